The molecule has 1 aromatic carbocycles. The van der Waals surface area contributed by atoms with Crippen molar-refractivity contribution in [1.82, 2.24) is 15.1 Å². The van der Waals surface area contributed by atoms with Crippen LogP contribution in [0.25, 0.3) is 5.69 Å². The predicted octanol–water partition coefficient (Wildman–Crippen LogP) is 2.96. The highest BCUT2D eigenvalue weighted by Gasteiger charge is 2.24. The predicted molar refractivity (Wildman–Crippen MR) is 94.5 cm³/mol. The van der Waals surface area contributed by atoms with Crippen molar-refractivity contribution in [3.05, 3.63) is 65.1 Å². The molecule has 3 aromatic rings. The molecule has 0 aliphatic carbocycles. The lowest BCUT2D eigenvalue weighted by molar-refractivity contribution is 0.0637. The molecule has 0 radical (unpaired) electrons. The maximum atomic E-state index is 12.0. The van der Waals surface area contributed by atoms with Crippen LogP contribution in [0.5, 0.6) is 0 Å². The van der Waals surface area contributed by atoms with Gasteiger partial charge in [0.2, 0.25) is 0 Å². The van der Waals surface area contributed by atoms with E-state index < -0.39 is 5.60 Å². The first-order valence-corrected chi connectivity index (χ1v) is 8.34. The Kier molecular flexibility index (Phi) is 4.64. The Labute approximate surface area is 143 Å². The van der Waals surface area contributed by atoms with E-state index in [1.54, 1.807) is 24.0 Å². The van der Waals surface area contributed by atoms with Gasteiger partial charge >= 0.3 is 6.03 Å². The van der Waals surface area contributed by atoms with Gasteiger partial charge < -0.3 is 15.7 Å². The van der Waals surface area contributed by atoms with Crippen LogP contribution in [0, 0.1) is 0 Å². The van der Waals surface area contributed by atoms with E-state index in [-0.39, 0.29) is 12.6 Å². The van der Waals surface area contributed by atoms with Gasteiger partial charge in [0.05, 0.1) is 30.3 Å². The standard InChI is InChI=1S/C17H18N4O2S/c1-17(23,15-8-5-9-24-15)12-18-16(22)20-13-10-19-21(11-13)14-6-3-2-4-7-14/h2-11,23H,12H2,1H3,(H2,18,20,22). The lowest BCUT2D eigenvalue weighted by atomic mass is 10.1. The highest BCUT2D eigenvalue weighted by Crippen LogP contribution is 2.24. The molecule has 0 spiro atoms. The van der Waals surface area contributed by atoms with Gasteiger partial charge in [0.1, 0.15) is 5.60 Å². The summed E-state index contributed by atoms with van der Waals surface area (Å²) in [5.41, 5.74) is 0.387. The van der Waals surface area contributed by atoms with Gasteiger partial charge in [-0.05, 0) is 30.5 Å². The first kappa shape index (κ1) is 16.2. The summed E-state index contributed by atoms with van der Waals surface area (Å²) in [6, 6.07) is 12.9. The molecule has 0 saturated carbocycles. The summed E-state index contributed by atoms with van der Waals surface area (Å²) in [6.45, 7) is 1.79. The van der Waals surface area contributed by atoms with Gasteiger partial charge in [0, 0.05) is 4.88 Å². The molecule has 3 rings (SSSR count). The fraction of sp³-hybridized carbons (Fsp3) is 0.176. The number of nitrogens with zero attached hydrogens (tertiary/aromatic N) is 2. The van der Waals surface area contributed by atoms with Crippen molar-refractivity contribution < 1.29 is 9.90 Å². The van der Waals surface area contributed by atoms with Gasteiger partial charge in [-0.2, -0.15) is 5.10 Å². The number of benzene rings is 1. The molecule has 7 heteroatoms. The number of anilines is 1. The van der Waals surface area contributed by atoms with E-state index in [0.29, 0.717) is 5.69 Å². The maximum Gasteiger partial charge on any atom is 0.319 e. The van der Waals surface area contributed by atoms with Crippen LogP contribution in [0.2, 0.25) is 0 Å². The zero-order valence-corrected chi connectivity index (χ0v) is 14.0. The number of thiophene rings is 1. The maximum absolute atomic E-state index is 12.0. The van der Waals surface area contributed by atoms with E-state index in [1.807, 2.05) is 47.8 Å². The molecule has 6 nitrogen and oxygen atoms in total. The Bertz CT molecular complexity index is 797. The van der Waals surface area contributed by atoms with Crippen LogP contribution in [-0.2, 0) is 5.60 Å². The van der Waals surface area contributed by atoms with Crippen LogP contribution in [0.1, 0.15) is 11.8 Å². The Hall–Kier alpha value is -2.64. The summed E-state index contributed by atoms with van der Waals surface area (Å²) in [5, 5.41) is 21.9. The summed E-state index contributed by atoms with van der Waals surface area (Å²) in [4.78, 5) is 12.8. The highest BCUT2D eigenvalue weighted by atomic mass is 32.1. The third-order valence-corrected chi connectivity index (χ3v) is 4.63. The van der Waals surface area contributed by atoms with Crippen LogP contribution < -0.4 is 10.6 Å². The summed E-state index contributed by atoms with van der Waals surface area (Å²) in [5.74, 6) is 0. The number of nitrogens with one attached hydrogen (secondary N) is 2. The van der Waals surface area contributed by atoms with Crippen molar-refractivity contribution in [3.8, 4) is 5.69 Å². The minimum Gasteiger partial charge on any atom is -0.383 e. The number of amides is 2. The molecule has 24 heavy (non-hydrogen) atoms. The van der Waals surface area contributed by atoms with E-state index in [2.05, 4.69) is 15.7 Å². The molecule has 0 aliphatic heterocycles. The number of carbonyl (C=O) groups excluding carboxylic acids is 1. The first-order chi connectivity index (χ1) is 11.5. The van der Waals surface area contributed by atoms with Gasteiger partial charge in [0.25, 0.3) is 0 Å². The second-order valence-corrected chi connectivity index (χ2v) is 6.52. The molecule has 124 valence electrons. The van der Waals surface area contributed by atoms with Crippen LogP contribution in [-0.4, -0.2) is 27.5 Å². The minimum absolute atomic E-state index is 0.117. The van der Waals surface area contributed by atoms with Gasteiger partial charge in [-0.25, -0.2) is 9.48 Å². The van der Waals surface area contributed by atoms with Gasteiger partial charge in [-0.3, -0.25) is 0 Å². The molecular weight excluding hydrogens is 324 g/mol. The van der Waals surface area contributed by atoms with E-state index in [9.17, 15) is 9.90 Å². The number of hydrogen-bond donors (Lipinski definition) is 3. The van der Waals surface area contributed by atoms with Gasteiger partial charge in [-0.1, -0.05) is 24.3 Å². The average Bonchev–Trinajstić information content (AvgIpc) is 3.26. The smallest absolute Gasteiger partial charge is 0.319 e. The zero-order chi connectivity index (χ0) is 17.0. The SMILES string of the molecule is CC(O)(CNC(=O)Nc1cnn(-c2ccccc2)c1)c1cccs1. The number of urea groups is 1. The van der Waals surface area contributed by atoms with E-state index in [1.165, 1.54) is 11.3 Å². The van der Waals surface area contributed by atoms with Gasteiger partial charge in [-0.15, -0.1) is 11.3 Å². The van der Waals surface area contributed by atoms with Crippen molar-refractivity contribution in [2.75, 3.05) is 11.9 Å². The third kappa shape index (κ3) is 3.81. The molecule has 0 saturated heterocycles. The molecule has 3 N–H and O–H groups in total. The molecule has 2 aromatic heterocycles. The third-order valence-electron chi connectivity index (χ3n) is 3.51. The number of rotatable bonds is 5. The second kappa shape index (κ2) is 6.86. The van der Waals surface area contributed by atoms with E-state index in [0.717, 1.165) is 10.6 Å². The van der Waals surface area contributed by atoms with Crippen LogP contribution in [0.3, 0.4) is 0 Å². The number of carbonyl (C=O) groups is 1. The van der Waals surface area contributed by atoms with Crippen molar-refractivity contribution in [2.45, 2.75) is 12.5 Å². The van der Waals surface area contributed by atoms with Crippen LogP contribution >= 0.6 is 11.3 Å². The van der Waals surface area contributed by atoms with Crippen molar-refractivity contribution in [3.63, 3.8) is 0 Å². The largest absolute Gasteiger partial charge is 0.383 e. The Morgan fingerprint density at radius 1 is 1.29 bits per heavy atom. The Balaban J connectivity index is 1.57. The number of aromatic nitrogens is 2. The zero-order valence-electron chi connectivity index (χ0n) is 13.1. The first-order valence-electron chi connectivity index (χ1n) is 7.46. The fourth-order valence-corrected chi connectivity index (χ4v) is 3.00. The molecule has 0 fully saturated rings. The summed E-state index contributed by atoms with van der Waals surface area (Å²) < 4.78 is 1.68. The second-order valence-electron chi connectivity index (χ2n) is 5.57. The number of aliphatic hydroxyl groups is 1. The normalized spacial score (nSPS) is 13.2. The van der Waals surface area contributed by atoms with Crippen LogP contribution in [0.4, 0.5) is 10.5 Å². The van der Waals surface area contributed by atoms with Crippen molar-refractivity contribution in [2.24, 2.45) is 0 Å². The van der Waals surface area contributed by atoms with Crippen LogP contribution in [0.15, 0.2) is 60.2 Å². The lowest BCUT2D eigenvalue weighted by Crippen LogP contribution is -2.40. The highest BCUT2D eigenvalue weighted by molar-refractivity contribution is 7.10. The quantitative estimate of drug-likeness (QED) is 0.667. The molecule has 0 aliphatic rings. The number of hydrogen-bond acceptors (Lipinski definition) is 4. The average molecular weight is 342 g/mol. The molecule has 2 amide bonds. The lowest BCUT2D eigenvalue weighted by Gasteiger charge is -2.22. The summed E-state index contributed by atoms with van der Waals surface area (Å²) in [6.07, 6.45) is 3.30. The van der Waals surface area contributed by atoms with E-state index >= 15 is 0 Å². The molecule has 1 atom stereocenters. The molecule has 0 bridgehead atoms. The molecule has 1 unspecified atom stereocenters. The molecular formula is C17H18N4O2S. The topological polar surface area (TPSA) is 79.2 Å². The summed E-state index contributed by atoms with van der Waals surface area (Å²) >= 11 is 1.45. The Morgan fingerprint density at radius 2 is 2.08 bits per heavy atom. The minimum atomic E-state index is -1.10. The summed E-state index contributed by atoms with van der Waals surface area (Å²) in [7, 11) is 0. The Morgan fingerprint density at radius 3 is 2.79 bits per heavy atom. The van der Waals surface area contributed by atoms with Crippen molar-refractivity contribution in [1.29, 1.82) is 0 Å². The van der Waals surface area contributed by atoms with Gasteiger partial charge in [0.15, 0.2) is 0 Å². The van der Waals surface area contributed by atoms with E-state index in [4.69, 9.17) is 0 Å². The monoisotopic (exact) mass is 342 g/mol. The van der Waals surface area contributed by atoms with Crippen molar-refractivity contribution >= 4 is 23.1 Å². The number of para-hydroxylation sites is 1. The molecule has 2 heterocycles. The fourth-order valence-electron chi connectivity index (χ4n) is 2.21.